The minimum absolute atomic E-state index is 0.0506. The highest BCUT2D eigenvalue weighted by atomic mass is 35.7. The smallest absolute Gasteiger partial charge is 0.265 e. The zero-order valence-corrected chi connectivity index (χ0v) is 11.4. The van der Waals surface area contributed by atoms with Gasteiger partial charge in [0.2, 0.25) is 0 Å². The number of hydrogen-bond acceptors (Lipinski definition) is 4. The van der Waals surface area contributed by atoms with Crippen LogP contribution in [0.4, 0.5) is 8.78 Å². The first-order valence-electron chi connectivity index (χ1n) is 4.93. The molecule has 0 unspecified atom stereocenters. The molecule has 4 nitrogen and oxygen atoms in total. The molecular formula is C10H12ClF2NO3S. The van der Waals surface area contributed by atoms with Gasteiger partial charge in [-0.3, -0.25) is 0 Å². The summed E-state index contributed by atoms with van der Waals surface area (Å²) in [6.45, 7) is 0.494. The number of benzene rings is 1. The molecule has 0 fully saturated rings. The Kier molecular flexibility index (Phi) is 4.89. The van der Waals surface area contributed by atoms with E-state index in [1.165, 1.54) is 0 Å². The lowest BCUT2D eigenvalue weighted by molar-refractivity contribution is 0.246. The van der Waals surface area contributed by atoms with Gasteiger partial charge in [-0.15, -0.1) is 0 Å². The summed E-state index contributed by atoms with van der Waals surface area (Å²) < 4.78 is 53.8. The molecule has 0 radical (unpaired) electrons. The van der Waals surface area contributed by atoms with E-state index in [4.69, 9.17) is 15.4 Å². The lowest BCUT2D eigenvalue weighted by Gasteiger charge is -2.13. The number of likely N-dealkylation sites (N-methyl/N-ethyl adjacent to an activating group) is 1. The quantitative estimate of drug-likeness (QED) is 0.778. The highest BCUT2D eigenvalue weighted by Crippen LogP contribution is 2.30. The summed E-state index contributed by atoms with van der Waals surface area (Å²) in [5.41, 5.74) is 0. The second-order valence-corrected chi connectivity index (χ2v) is 6.34. The van der Waals surface area contributed by atoms with Crippen molar-refractivity contribution in [3.05, 3.63) is 23.8 Å². The van der Waals surface area contributed by atoms with E-state index in [2.05, 4.69) is 0 Å². The van der Waals surface area contributed by atoms with Crippen LogP contribution in [0.3, 0.4) is 0 Å². The maximum atomic E-state index is 13.5. The van der Waals surface area contributed by atoms with Crippen molar-refractivity contribution in [2.24, 2.45) is 0 Å². The molecule has 0 aliphatic heterocycles. The van der Waals surface area contributed by atoms with E-state index in [-0.39, 0.29) is 6.61 Å². The van der Waals surface area contributed by atoms with Crippen LogP contribution in [-0.4, -0.2) is 40.6 Å². The van der Waals surface area contributed by atoms with E-state index >= 15 is 0 Å². The standard InChI is InChI=1S/C10H12ClF2NO3S/c1-14(2)3-4-17-10-8(13)5-7(12)6-9(10)18(11,15)16/h5-6H,3-4H2,1-2H3. The van der Waals surface area contributed by atoms with E-state index in [9.17, 15) is 17.2 Å². The van der Waals surface area contributed by atoms with Crippen molar-refractivity contribution < 1.29 is 21.9 Å². The molecule has 0 saturated carbocycles. The summed E-state index contributed by atoms with van der Waals surface area (Å²) >= 11 is 0. The van der Waals surface area contributed by atoms with Crippen LogP contribution in [0.25, 0.3) is 0 Å². The molecule has 0 amide bonds. The van der Waals surface area contributed by atoms with E-state index in [1.54, 1.807) is 19.0 Å². The van der Waals surface area contributed by atoms with Crippen LogP contribution >= 0.6 is 10.7 Å². The van der Waals surface area contributed by atoms with Gasteiger partial charge in [-0.1, -0.05) is 0 Å². The van der Waals surface area contributed by atoms with Gasteiger partial charge >= 0.3 is 0 Å². The molecule has 0 atom stereocenters. The van der Waals surface area contributed by atoms with E-state index in [1.807, 2.05) is 0 Å². The van der Waals surface area contributed by atoms with Crippen LogP contribution in [0.2, 0.25) is 0 Å². The number of halogens is 3. The maximum absolute atomic E-state index is 13.5. The third-order valence-corrected chi connectivity index (χ3v) is 3.35. The van der Waals surface area contributed by atoms with Crippen LogP contribution in [-0.2, 0) is 9.05 Å². The summed E-state index contributed by atoms with van der Waals surface area (Å²) in [4.78, 5) is 1.05. The van der Waals surface area contributed by atoms with Crippen molar-refractivity contribution >= 4 is 19.7 Å². The van der Waals surface area contributed by atoms with Crippen LogP contribution in [0, 0.1) is 11.6 Å². The molecule has 18 heavy (non-hydrogen) atoms. The van der Waals surface area contributed by atoms with Crippen molar-refractivity contribution in [3.63, 3.8) is 0 Å². The van der Waals surface area contributed by atoms with Gasteiger partial charge in [-0.05, 0) is 20.2 Å². The lowest BCUT2D eigenvalue weighted by Crippen LogP contribution is -2.20. The average molecular weight is 300 g/mol. The van der Waals surface area contributed by atoms with Gasteiger partial charge in [0.05, 0.1) is 0 Å². The first kappa shape index (κ1) is 15.1. The third kappa shape index (κ3) is 4.08. The first-order chi connectivity index (χ1) is 8.21. The number of hydrogen-bond donors (Lipinski definition) is 0. The second kappa shape index (κ2) is 5.81. The Bertz CT molecular complexity index is 534. The second-order valence-electron chi connectivity index (χ2n) is 3.80. The van der Waals surface area contributed by atoms with Gasteiger partial charge in [0.25, 0.3) is 9.05 Å². The molecule has 0 aliphatic carbocycles. The van der Waals surface area contributed by atoms with Crippen molar-refractivity contribution in [2.45, 2.75) is 4.90 Å². The van der Waals surface area contributed by atoms with Crippen LogP contribution < -0.4 is 4.74 Å². The van der Waals surface area contributed by atoms with Crippen LogP contribution in [0.1, 0.15) is 0 Å². The largest absolute Gasteiger partial charge is 0.488 e. The van der Waals surface area contributed by atoms with Crippen molar-refractivity contribution in [3.8, 4) is 5.75 Å². The van der Waals surface area contributed by atoms with Gasteiger partial charge in [0.15, 0.2) is 11.6 Å². The Labute approximate surface area is 109 Å². The van der Waals surface area contributed by atoms with Crippen molar-refractivity contribution in [1.29, 1.82) is 0 Å². The highest BCUT2D eigenvalue weighted by Gasteiger charge is 2.22. The molecule has 0 saturated heterocycles. The molecule has 0 bridgehead atoms. The number of nitrogens with zero attached hydrogens (tertiary/aromatic N) is 1. The van der Waals surface area contributed by atoms with Gasteiger partial charge < -0.3 is 9.64 Å². The average Bonchev–Trinajstić information content (AvgIpc) is 2.18. The summed E-state index contributed by atoms with van der Waals surface area (Å²) in [7, 11) is 4.36. The molecule has 8 heteroatoms. The molecule has 0 heterocycles. The number of rotatable bonds is 5. The molecule has 102 valence electrons. The molecule has 0 spiro atoms. The Morgan fingerprint density at radius 3 is 2.44 bits per heavy atom. The molecular weight excluding hydrogens is 288 g/mol. The zero-order chi connectivity index (χ0) is 13.9. The molecule has 1 rings (SSSR count). The molecule has 0 aliphatic rings. The fraction of sp³-hybridized carbons (Fsp3) is 0.400. The van der Waals surface area contributed by atoms with Gasteiger partial charge in [-0.25, -0.2) is 17.2 Å². The van der Waals surface area contributed by atoms with Gasteiger partial charge in [0, 0.05) is 23.3 Å². The van der Waals surface area contributed by atoms with E-state index in [0.717, 1.165) is 0 Å². The Hall–Kier alpha value is -0.920. The summed E-state index contributed by atoms with van der Waals surface area (Å²) in [6.07, 6.45) is 0. The SMILES string of the molecule is CN(C)CCOc1c(F)cc(F)cc1S(=O)(=O)Cl. The normalized spacial score (nSPS) is 11.9. The van der Waals surface area contributed by atoms with Gasteiger partial charge in [0.1, 0.15) is 17.3 Å². The molecule has 1 aromatic rings. The Balaban J connectivity index is 3.09. The van der Waals surface area contributed by atoms with Crippen molar-refractivity contribution in [1.82, 2.24) is 4.90 Å². The minimum atomic E-state index is -4.28. The Morgan fingerprint density at radius 1 is 1.33 bits per heavy atom. The van der Waals surface area contributed by atoms with E-state index in [0.29, 0.717) is 18.7 Å². The fourth-order valence-electron chi connectivity index (χ4n) is 1.19. The predicted octanol–water partition coefficient (Wildman–Crippen LogP) is 1.83. The topological polar surface area (TPSA) is 46.6 Å². The van der Waals surface area contributed by atoms with Crippen LogP contribution in [0.15, 0.2) is 17.0 Å². The highest BCUT2D eigenvalue weighted by molar-refractivity contribution is 8.13. The minimum Gasteiger partial charge on any atom is -0.488 e. The molecule has 1 aromatic carbocycles. The monoisotopic (exact) mass is 299 g/mol. The van der Waals surface area contributed by atoms with Gasteiger partial charge in [-0.2, -0.15) is 0 Å². The van der Waals surface area contributed by atoms with Crippen LogP contribution in [0.5, 0.6) is 5.75 Å². The first-order valence-corrected chi connectivity index (χ1v) is 7.24. The predicted molar refractivity (Wildman–Crippen MR) is 63.4 cm³/mol. The van der Waals surface area contributed by atoms with Crippen molar-refractivity contribution in [2.75, 3.05) is 27.2 Å². The maximum Gasteiger partial charge on any atom is 0.265 e. The number of ether oxygens (including phenoxy) is 1. The lowest BCUT2D eigenvalue weighted by atomic mass is 10.3. The summed E-state index contributed by atoms with van der Waals surface area (Å²) in [5, 5.41) is 0. The molecule has 0 aromatic heterocycles. The summed E-state index contributed by atoms with van der Waals surface area (Å²) in [5.74, 6) is -2.70. The fourth-order valence-corrected chi connectivity index (χ4v) is 2.16. The third-order valence-electron chi connectivity index (χ3n) is 2.02. The summed E-state index contributed by atoms with van der Waals surface area (Å²) in [6, 6.07) is 1.16. The zero-order valence-electron chi connectivity index (χ0n) is 9.78. The Morgan fingerprint density at radius 2 is 1.94 bits per heavy atom. The molecule has 0 N–H and O–H groups in total. The van der Waals surface area contributed by atoms with E-state index < -0.39 is 31.3 Å².